The molecule has 0 atom stereocenters. The SMILES string of the molecule is COc1cc(C=C(C(=O)O)C(=O)C(=O)OC(C)(C)C(C)C)cc(OC)c1OC. The van der Waals surface area contributed by atoms with Crippen molar-refractivity contribution in [2.75, 3.05) is 21.3 Å². The lowest BCUT2D eigenvalue weighted by atomic mass is 9.94. The fraction of sp³-hybridized carbons (Fsp3) is 0.450. The molecule has 0 unspecified atom stereocenters. The molecule has 8 heteroatoms. The molecule has 1 rings (SSSR count). The second-order valence-corrected chi connectivity index (χ2v) is 6.80. The van der Waals surface area contributed by atoms with Crippen LogP contribution in [0.25, 0.3) is 6.08 Å². The number of benzene rings is 1. The van der Waals surface area contributed by atoms with E-state index in [0.29, 0.717) is 5.75 Å². The summed E-state index contributed by atoms with van der Waals surface area (Å²) in [5, 5.41) is 9.43. The van der Waals surface area contributed by atoms with Crippen LogP contribution in [0.2, 0.25) is 0 Å². The highest BCUT2D eigenvalue weighted by Gasteiger charge is 2.33. The number of esters is 1. The van der Waals surface area contributed by atoms with E-state index in [-0.39, 0.29) is 23.0 Å². The summed E-state index contributed by atoms with van der Waals surface area (Å²) in [4.78, 5) is 36.2. The van der Waals surface area contributed by atoms with Crippen LogP contribution in [0.5, 0.6) is 17.2 Å². The third kappa shape index (κ3) is 5.25. The van der Waals surface area contributed by atoms with Gasteiger partial charge in [-0.3, -0.25) is 4.79 Å². The molecule has 0 amide bonds. The Kier molecular flexibility index (Phi) is 7.60. The number of hydrogen-bond acceptors (Lipinski definition) is 7. The molecule has 0 bridgehead atoms. The van der Waals surface area contributed by atoms with E-state index in [2.05, 4.69) is 0 Å². The van der Waals surface area contributed by atoms with Crippen LogP contribution in [0.15, 0.2) is 17.7 Å². The monoisotopic (exact) mass is 394 g/mol. The molecule has 0 radical (unpaired) electrons. The Morgan fingerprint density at radius 2 is 1.50 bits per heavy atom. The zero-order valence-electron chi connectivity index (χ0n) is 17.1. The molecule has 0 heterocycles. The number of carbonyl (C=O) groups excluding carboxylic acids is 2. The van der Waals surface area contributed by atoms with E-state index in [1.165, 1.54) is 33.5 Å². The second kappa shape index (κ2) is 9.25. The predicted octanol–water partition coefficient (Wildman–Crippen LogP) is 2.73. The van der Waals surface area contributed by atoms with Crippen molar-refractivity contribution in [1.82, 2.24) is 0 Å². The van der Waals surface area contributed by atoms with Gasteiger partial charge in [-0.2, -0.15) is 0 Å². The molecule has 0 fully saturated rings. The lowest BCUT2D eigenvalue weighted by Gasteiger charge is -2.28. The summed E-state index contributed by atoms with van der Waals surface area (Å²) in [6.45, 7) is 6.93. The van der Waals surface area contributed by atoms with Gasteiger partial charge in [0.1, 0.15) is 11.2 Å². The minimum Gasteiger partial charge on any atom is -0.493 e. The number of ketones is 1. The molecule has 0 saturated heterocycles. The smallest absolute Gasteiger partial charge is 0.380 e. The van der Waals surface area contributed by atoms with Crippen molar-refractivity contribution in [1.29, 1.82) is 0 Å². The van der Waals surface area contributed by atoms with Gasteiger partial charge in [0.05, 0.1) is 21.3 Å². The number of carboxylic acids is 1. The number of Topliss-reactive ketones (excluding diaryl/α,β-unsaturated/α-hetero) is 1. The Balaban J connectivity index is 3.36. The molecule has 8 nitrogen and oxygen atoms in total. The highest BCUT2D eigenvalue weighted by Crippen LogP contribution is 2.38. The van der Waals surface area contributed by atoms with Crippen molar-refractivity contribution in [3.8, 4) is 17.2 Å². The maximum Gasteiger partial charge on any atom is 0.380 e. The fourth-order valence-electron chi connectivity index (χ4n) is 2.09. The highest BCUT2D eigenvalue weighted by molar-refractivity contribution is 6.47. The third-order valence-electron chi connectivity index (χ3n) is 4.40. The lowest BCUT2D eigenvalue weighted by Crippen LogP contribution is -2.37. The summed E-state index contributed by atoms with van der Waals surface area (Å²) in [7, 11) is 4.23. The van der Waals surface area contributed by atoms with Crippen LogP contribution in [0, 0.1) is 5.92 Å². The molecule has 0 spiro atoms. The van der Waals surface area contributed by atoms with Crippen molar-refractivity contribution >= 4 is 23.8 Å². The van der Waals surface area contributed by atoms with Gasteiger partial charge in [0.15, 0.2) is 11.5 Å². The van der Waals surface area contributed by atoms with Gasteiger partial charge in [-0.15, -0.1) is 0 Å². The number of hydrogen-bond donors (Lipinski definition) is 1. The molecule has 28 heavy (non-hydrogen) atoms. The van der Waals surface area contributed by atoms with Crippen LogP contribution in [-0.4, -0.2) is 49.8 Å². The minimum atomic E-state index is -1.56. The van der Waals surface area contributed by atoms with Gasteiger partial charge >= 0.3 is 11.9 Å². The number of aliphatic carboxylic acids is 1. The molecule has 0 aromatic heterocycles. The first-order valence-corrected chi connectivity index (χ1v) is 8.51. The average Bonchev–Trinajstić information content (AvgIpc) is 2.63. The van der Waals surface area contributed by atoms with E-state index in [4.69, 9.17) is 18.9 Å². The van der Waals surface area contributed by atoms with Crippen molar-refractivity contribution in [2.45, 2.75) is 33.3 Å². The van der Waals surface area contributed by atoms with E-state index >= 15 is 0 Å². The fourth-order valence-corrected chi connectivity index (χ4v) is 2.09. The van der Waals surface area contributed by atoms with Crippen LogP contribution in [-0.2, 0) is 19.1 Å². The molecule has 0 saturated carbocycles. The third-order valence-corrected chi connectivity index (χ3v) is 4.40. The van der Waals surface area contributed by atoms with Gasteiger partial charge in [-0.05, 0) is 43.5 Å². The van der Waals surface area contributed by atoms with Crippen molar-refractivity contribution < 1.29 is 38.4 Å². The number of rotatable bonds is 9. The maximum absolute atomic E-state index is 12.4. The molecule has 1 aromatic carbocycles. The summed E-state index contributed by atoms with van der Waals surface area (Å²) in [6.07, 6.45) is 1.05. The van der Waals surface area contributed by atoms with Crippen molar-refractivity contribution in [3.05, 3.63) is 23.3 Å². The van der Waals surface area contributed by atoms with Crippen molar-refractivity contribution in [2.24, 2.45) is 5.92 Å². The maximum atomic E-state index is 12.4. The number of methoxy groups -OCH3 is 3. The quantitative estimate of drug-likeness (QED) is 0.224. The Bertz CT molecular complexity index is 764. The normalized spacial score (nSPS) is 11.8. The molecule has 0 aliphatic heterocycles. The highest BCUT2D eigenvalue weighted by atomic mass is 16.6. The minimum absolute atomic E-state index is 0.0726. The summed E-state index contributed by atoms with van der Waals surface area (Å²) in [6, 6.07) is 2.92. The van der Waals surface area contributed by atoms with Gasteiger partial charge in [0.2, 0.25) is 5.75 Å². The summed E-state index contributed by atoms with van der Waals surface area (Å²) < 4.78 is 20.8. The van der Waals surface area contributed by atoms with Crippen LogP contribution >= 0.6 is 0 Å². The van der Waals surface area contributed by atoms with Gasteiger partial charge in [0, 0.05) is 0 Å². The second-order valence-electron chi connectivity index (χ2n) is 6.80. The summed E-state index contributed by atoms with van der Waals surface area (Å²) in [5.41, 5.74) is -1.39. The number of carbonyl (C=O) groups is 3. The zero-order chi connectivity index (χ0) is 21.6. The van der Waals surface area contributed by atoms with E-state index in [1.54, 1.807) is 13.8 Å². The molecule has 1 aromatic rings. The first-order valence-electron chi connectivity index (χ1n) is 8.51. The Hall–Kier alpha value is -3.03. The molecule has 0 aliphatic rings. The van der Waals surface area contributed by atoms with Gasteiger partial charge in [-0.25, -0.2) is 9.59 Å². The first-order chi connectivity index (χ1) is 13.0. The van der Waals surface area contributed by atoms with E-state index in [0.717, 1.165) is 6.08 Å². The van der Waals surface area contributed by atoms with Crippen LogP contribution in [0.1, 0.15) is 33.3 Å². The van der Waals surface area contributed by atoms with Gasteiger partial charge in [-0.1, -0.05) is 13.8 Å². The standard InChI is InChI=1S/C20H26O8/c1-11(2)20(3,4)28-19(24)16(21)13(18(22)23)8-12-9-14(25-5)17(27-7)15(10-12)26-6/h8-11H,1-7H3,(H,22,23). The lowest BCUT2D eigenvalue weighted by molar-refractivity contribution is -0.166. The van der Waals surface area contributed by atoms with E-state index in [1.807, 2.05) is 13.8 Å². The first kappa shape index (κ1) is 23.0. The number of carboxylic acid groups (broad SMARTS) is 1. The molecule has 0 aliphatic carbocycles. The predicted molar refractivity (Wildman–Crippen MR) is 102 cm³/mol. The number of ether oxygens (including phenoxy) is 4. The van der Waals surface area contributed by atoms with Crippen LogP contribution in [0.3, 0.4) is 0 Å². The van der Waals surface area contributed by atoms with Crippen LogP contribution in [0.4, 0.5) is 0 Å². The Morgan fingerprint density at radius 3 is 1.86 bits per heavy atom. The Labute approximate surface area is 164 Å². The molecule has 1 N–H and O–H groups in total. The Morgan fingerprint density at radius 1 is 1.00 bits per heavy atom. The zero-order valence-corrected chi connectivity index (χ0v) is 17.1. The summed E-state index contributed by atoms with van der Waals surface area (Å²) in [5.74, 6) is -3.27. The van der Waals surface area contributed by atoms with E-state index < -0.39 is 28.9 Å². The van der Waals surface area contributed by atoms with E-state index in [9.17, 15) is 19.5 Å². The molecular formula is C20H26O8. The average molecular weight is 394 g/mol. The topological polar surface area (TPSA) is 108 Å². The van der Waals surface area contributed by atoms with Gasteiger partial charge in [0.25, 0.3) is 5.78 Å². The molecular weight excluding hydrogens is 368 g/mol. The van der Waals surface area contributed by atoms with Crippen molar-refractivity contribution in [3.63, 3.8) is 0 Å². The van der Waals surface area contributed by atoms with Crippen LogP contribution < -0.4 is 14.2 Å². The van der Waals surface area contributed by atoms with Gasteiger partial charge < -0.3 is 24.1 Å². The largest absolute Gasteiger partial charge is 0.493 e. The summed E-state index contributed by atoms with van der Waals surface area (Å²) >= 11 is 0. The molecule has 154 valence electrons.